The van der Waals surface area contributed by atoms with Gasteiger partial charge in [0, 0.05) is 55.1 Å². The van der Waals surface area contributed by atoms with E-state index in [1.165, 1.54) is 5.01 Å². The van der Waals surface area contributed by atoms with Crippen molar-refractivity contribution in [1.29, 1.82) is 0 Å². The lowest BCUT2D eigenvalue weighted by molar-refractivity contribution is 0.0619. The van der Waals surface area contributed by atoms with Crippen molar-refractivity contribution >= 4 is 85.5 Å². The van der Waals surface area contributed by atoms with Crippen LogP contribution >= 0.6 is 0 Å². The third kappa shape index (κ3) is 5.84. The zero-order chi connectivity index (χ0) is 28.0. The number of pyridine rings is 1. The Bertz CT molecular complexity index is 1410. The average molecular weight is 516 g/mol. The van der Waals surface area contributed by atoms with Crippen LogP contribution in [0.4, 0.5) is 0 Å². The molecule has 1 aliphatic rings. The molecule has 0 spiro atoms. The standard InChI is InChI=1S/C23H25B6N5O3S/c1-12(30)20(33(2)31)14-9-15-19(32-10-14)18-16(37-22(24,25)26)3-4-17(38(35)23(27,28)29)21(18)34(15)11-13-5-7-36-8-6-13/h3-4,9-10,13H,5-8,11,30-31H2,1-2H3/b20-12-. The molecule has 2 aromatic heterocycles. The molecular weight excluding hydrogens is 491 g/mol. The molecule has 1 saturated heterocycles. The van der Waals surface area contributed by atoms with Crippen molar-refractivity contribution in [1.82, 2.24) is 14.6 Å². The number of hydrogen-bond donors (Lipinski definition) is 2. The zero-order valence-corrected chi connectivity index (χ0v) is 22.3. The fraction of sp³-hybridized carbons (Fsp3) is 0.435. The molecule has 0 aliphatic carbocycles. The fourth-order valence-electron chi connectivity index (χ4n) is 4.85. The van der Waals surface area contributed by atoms with Gasteiger partial charge in [-0.15, -0.1) is 0 Å². The summed E-state index contributed by atoms with van der Waals surface area (Å²) < 4.78 is 24.7. The van der Waals surface area contributed by atoms with Crippen LogP contribution in [0.1, 0.15) is 25.3 Å². The Morgan fingerprint density at radius 2 is 1.89 bits per heavy atom. The van der Waals surface area contributed by atoms with Gasteiger partial charge in [-0.25, -0.2) is 5.84 Å². The Hall–Kier alpha value is -2.23. The molecule has 4 rings (SSSR count). The minimum absolute atomic E-state index is 0.239. The summed E-state index contributed by atoms with van der Waals surface area (Å²) in [7, 11) is 34.7. The van der Waals surface area contributed by atoms with E-state index in [1.54, 1.807) is 32.3 Å². The Balaban J connectivity index is 2.12. The molecule has 0 saturated carbocycles. The highest BCUT2D eigenvalue weighted by molar-refractivity contribution is 7.91. The monoisotopic (exact) mass is 517 g/mol. The molecule has 184 valence electrons. The van der Waals surface area contributed by atoms with E-state index in [-0.39, 0.29) is 11.7 Å². The van der Waals surface area contributed by atoms with Gasteiger partial charge in [-0.05, 0) is 49.2 Å². The third-order valence-corrected chi connectivity index (χ3v) is 7.73. The minimum atomic E-state index is -2.03. The summed E-state index contributed by atoms with van der Waals surface area (Å²) in [6.45, 7) is 3.58. The van der Waals surface area contributed by atoms with Gasteiger partial charge >= 0.3 is 0 Å². The summed E-state index contributed by atoms with van der Waals surface area (Å²) in [5, 5.41) is -0.0807. The maximum Gasteiger partial charge on any atom is 0.128 e. The van der Waals surface area contributed by atoms with Gasteiger partial charge in [0.15, 0.2) is 0 Å². The van der Waals surface area contributed by atoms with E-state index in [9.17, 15) is 4.21 Å². The largest absolute Gasteiger partial charge is 0.515 e. The van der Waals surface area contributed by atoms with E-state index in [4.69, 9.17) is 73.1 Å². The number of nitrogens with two attached hydrogens (primary N) is 2. The van der Waals surface area contributed by atoms with Crippen LogP contribution in [-0.4, -0.2) is 95.9 Å². The zero-order valence-electron chi connectivity index (χ0n) is 21.5. The number of hydrogen-bond acceptors (Lipinski definition) is 7. The van der Waals surface area contributed by atoms with Crippen LogP contribution in [-0.2, 0) is 22.1 Å². The van der Waals surface area contributed by atoms with Crippen molar-refractivity contribution < 1.29 is 13.7 Å². The predicted molar refractivity (Wildman–Crippen MR) is 157 cm³/mol. The molecule has 8 nitrogen and oxygen atoms in total. The van der Waals surface area contributed by atoms with E-state index in [0.717, 1.165) is 12.8 Å². The normalized spacial score (nSPS) is 16.9. The van der Waals surface area contributed by atoms with Crippen molar-refractivity contribution in [3.63, 3.8) is 0 Å². The van der Waals surface area contributed by atoms with Crippen molar-refractivity contribution in [3.8, 4) is 5.75 Å². The highest BCUT2D eigenvalue weighted by Gasteiger charge is 2.29. The highest BCUT2D eigenvalue weighted by Crippen LogP contribution is 2.41. The van der Waals surface area contributed by atoms with Crippen LogP contribution in [0.25, 0.3) is 27.6 Å². The minimum Gasteiger partial charge on any atom is -0.515 e. The lowest BCUT2D eigenvalue weighted by atomic mass is 9.52. The molecule has 3 aromatic rings. The number of ether oxygens (including phenoxy) is 2. The molecule has 1 unspecified atom stereocenters. The maximum absolute atomic E-state index is 13.5. The lowest BCUT2D eigenvalue weighted by Gasteiger charge is -2.27. The van der Waals surface area contributed by atoms with Gasteiger partial charge in [-0.1, -0.05) is 4.45 Å². The van der Waals surface area contributed by atoms with Crippen LogP contribution in [0.2, 0.25) is 0 Å². The summed E-state index contributed by atoms with van der Waals surface area (Å²) in [5.74, 6) is 6.58. The van der Waals surface area contributed by atoms with Crippen LogP contribution in [0.3, 0.4) is 0 Å². The van der Waals surface area contributed by atoms with Gasteiger partial charge < -0.3 is 24.8 Å². The van der Waals surface area contributed by atoms with Crippen LogP contribution in [0.15, 0.2) is 35.0 Å². The molecule has 0 bridgehead atoms. The van der Waals surface area contributed by atoms with Gasteiger partial charge in [-0.2, -0.15) is 0 Å². The Labute approximate surface area is 233 Å². The van der Waals surface area contributed by atoms with Gasteiger partial charge in [0.25, 0.3) is 0 Å². The summed E-state index contributed by atoms with van der Waals surface area (Å²) in [4.78, 5) is 5.05. The lowest BCUT2D eigenvalue weighted by Crippen LogP contribution is -2.38. The van der Waals surface area contributed by atoms with E-state index in [2.05, 4.69) is 0 Å². The molecule has 1 atom stereocenters. The summed E-state index contributed by atoms with van der Waals surface area (Å²) in [5.41, 5.74) is 9.67. The number of nitrogens with zero attached hydrogens (tertiary/aromatic N) is 3. The van der Waals surface area contributed by atoms with Crippen molar-refractivity contribution in [2.75, 3.05) is 20.3 Å². The molecule has 1 aliphatic heterocycles. The highest BCUT2D eigenvalue weighted by atomic mass is 32.2. The molecule has 15 heteroatoms. The second kappa shape index (κ2) is 10.7. The Morgan fingerprint density at radius 3 is 2.45 bits per heavy atom. The number of rotatable bonds is 8. The first-order valence-electron chi connectivity index (χ1n) is 12.0. The topological polar surface area (TPSA) is 109 Å². The molecule has 1 fully saturated rings. The second-order valence-electron chi connectivity index (χ2n) is 9.76. The summed E-state index contributed by atoms with van der Waals surface area (Å²) in [6.07, 6.45) is 3.32. The van der Waals surface area contributed by atoms with E-state index in [0.29, 0.717) is 63.5 Å². The number of allylic oxidation sites excluding steroid dienone is 1. The van der Waals surface area contributed by atoms with Crippen molar-refractivity contribution in [2.45, 2.75) is 40.9 Å². The van der Waals surface area contributed by atoms with E-state index in [1.807, 2.05) is 10.6 Å². The second-order valence-corrected chi connectivity index (χ2v) is 11.4. The first-order valence-corrected chi connectivity index (χ1v) is 13.2. The van der Waals surface area contributed by atoms with Crippen LogP contribution in [0.5, 0.6) is 5.75 Å². The SMILES string of the molecule is [B]C([B])([B])Oc1ccc(S(=O)C([B])([B])[B])c2c1c1ncc(/C(=C(\C)N)N(C)N)cc1n2CC1CCOCC1. The summed E-state index contributed by atoms with van der Waals surface area (Å²) in [6, 6.07) is 5.01. The smallest absolute Gasteiger partial charge is 0.128 e. The average Bonchev–Trinajstić information content (AvgIpc) is 3.12. The van der Waals surface area contributed by atoms with Gasteiger partial charge in [0.05, 0.1) is 56.1 Å². The fourth-order valence-corrected chi connectivity index (χ4v) is 5.81. The number of aromatic nitrogens is 2. The van der Waals surface area contributed by atoms with Crippen LogP contribution < -0.4 is 16.3 Å². The molecule has 12 radical (unpaired) electrons. The van der Waals surface area contributed by atoms with Crippen LogP contribution in [0, 0.1) is 5.92 Å². The Kier molecular flexibility index (Phi) is 8.13. The first kappa shape index (κ1) is 28.8. The predicted octanol–water partition coefficient (Wildman–Crippen LogP) is -0.211. The maximum atomic E-state index is 13.5. The van der Waals surface area contributed by atoms with E-state index >= 15 is 0 Å². The first-order chi connectivity index (χ1) is 17.7. The quantitative estimate of drug-likeness (QED) is 0.242. The molecular formula is C23H25B6N5O3S. The van der Waals surface area contributed by atoms with Crippen molar-refractivity contribution in [2.24, 2.45) is 17.5 Å². The summed E-state index contributed by atoms with van der Waals surface area (Å²) >= 11 is 0. The molecule has 0 amide bonds. The van der Waals surface area contributed by atoms with E-state index < -0.39 is 20.5 Å². The van der Waals surface area contributed by atoms with Gasteiger partial charge in [0.2, 0.25) is 0 Å². The number of fused-ring (bicyclic) bond motifs is 3. The third-order valence-electron chi connectivity index (χ3n) is 6.36. The molecule has 1 aromatic carbocycles. The number of hydrazine groups is 1. The molecule has 38 heavy (non-hydrogen) atoms. The number of benzene rings is 1. The Morgan fingerprint density at radius 1 is 1.24 bits per heavy atom. The van der Waals surface area contributed by atoms with Crippen molar-refractivity contribution in [3.05, 3.63) is 35.7 Å². The molecule has 4 N–H and O–H groups in total. The van der Waals surface area contributed by atoms with Gasteiger partial charge in [-0.3, -0.25) is 9.19 Å². The van der Waals surface area contributed by atoms with Gasteiger partial charge in [0.1, 0.15) is 29.3 Å². The molecule has 3 heterocycles.